The Hall–Kier alpha value is -0.160. The van der Waals surface area contributed by atoms with E-state index in [-0.39, 0.29) is 12.6 Å². The summed E-state index contributed by atoms with van der Waals surface area (Å²) in [7, 11) is 0. The maximum Gasteiger partial charge on any atom is 0.0700 e. The lowest BCUT2D eigenvalue weighted by atomic mass is 10.2. The minimum atomic E-state index is -0.161. The van der Waals surface area contributed by atoms with Gasteiger partial charge < -0.3 is 20.3 Å². The smallest absolute Gasteiger partial charge is 0.0700 e. The van der Waals surface area contributed by atoms with Crippen molar-refractivity contribution in [1.82, 2.24) is 0 Å². The van der Waals surface area contributed by atoms with Gasteiger partial charge in [0, 0.05) is 19.3 Å². The minimum Gasteiger partial charge on any atom is -0.395 e. The van der Waals surface area contributed by atoms with Crippen LogP contribution in [0.25, 0.3) is 0 Å². The summed E-state index contributed by atoms with van der Waals surface area (Å²) in [4.78, 5) is 0. The van der Waals surface area contributed by atoms with Gasteiger partial charge in [0.2, 0.25) is 0 Å². The largest absolute Gasteiger partial charge is 0.395 e. The first-order valence-electron chi connectivity index (χ1n) is 5.18. The molecule has 0 aliphatic carbocycles. The topological polar surface area (TPSA) is 64.7 Å². The van der Waals surface area contributed by atoms with Crippen LogP contribution in [0.5, 0.6) is 0 Å². The molecule has 0 amide bonds. The van der Waals surface area contributed by atoms with Gasteiger partial charge in [0.25, 0.3) is 0 Å². The molecule has 0 spiro atoms. The Morgan fingerprint density at radius 3 is 2.36 bits per heavy atom. The highest BCUT2D eigenvalue weighted by molar-refractivity contribution is 4.56. The molecule has 0 aromatic heterocycles. The Morgan fingerprint density at radius 2 is 1.79 bits per heavy atom. The number of aliphatic hydroxyl groups excluding tert-OH is 1. The molecule has 0 rings (SSSR count). The Morgan fingerprint density at radius 1 is 1.14 bits per heavy atom. The van der Waals surface area contributed by atoms with Crippen LogP contribution in [0.15, 0.2) is 0 Å². The number of aliphatic hydroxyl groups is 1. The van der Waals surface area contributed by atoms with E-state index in [4.69, 9.17) is 20.3 Å². The van der Waals surface area contributed by atoms with Crippen molar-refractivity contribution in [1.29, 1.82) is 0 Å². The molecular formula is C10H23NO3. The zero-order valence-electron chi connectivity index (χ0n) is 9.24. The van der Waals surface area contributed by atoms with Crippen molar-refractivity contribution in [3.8, 4) is 0 Å². The van der Waals surface area contributed by atoms with Crippen LogP contribution in [-0.4, -0.2) is 44.2 Å². The van der Waals surface area contributed by atoms with E-state index in [1.54, 1.807) is 0 Å². The lowest BCUT2D eigenvalue weighted by Crippen LogP contribution is -2.26. The van der Waals surface area contributed by atoms with E-state index in [1.165, 1.54) is 0 Å². The van der Waals surface area contributed by atoms with Crippen LogP contribution in [0, 0.1) is 5.92 Å². The molecule has 0 heterocycles. The predicted octanol–water partition coefficient (Wildman–Crippen LogP) is 0.385. The van der Waals surface area contributed by atoms with Gasteiger partial charge in [-0.05, 0) is 12.3 Å². The van der Waals surface area contributed by atoms with Crippen molar-refractivity contribution in [3.05, 3.63) is 0 Å². The van der Waals surface area contributed by atoms with Gasteiger partial charge in [0.1, 0.15) is 0 Å². The maximum atomic E-state index is 8.63. The normalized spacial score (nSPS) is 13.5. The SMILES string of the molecule is CC(C)COCCOCCC(N)CO. The molecule has 0 aromatic carbocycles. The molecule has 14 heavy (non-hydrogen) atoms. The van der Waals surface area contributed by atoms with Gasteiger partial charge in [-0.1, -0.05) is 13.8 Å². The molecule has 0 aromatic rings. The Balaban J connectivity index is 2.99. The average molecular weight is 205 g/mol. The van der Waals surface area contributed by atoms with Crippen LogP contribution in [0.4, 0.5) is 0 Å². The van der Waals surface area contributed by atoms with Crippen LogP contribution >= 0.6 is 0 Å². The molecule has 1 unspecified atom stereocenters. The van der Waals surface area contributed by atoms with Gasteiger partial charge in [-0.15, -0.1) is 0 Å². The summed E-state index contributed by atoms with van der Waals surface area (Å²) in [5.74, 6) is 0.567. The second kappa shape index (κ2) is 9.40. The van der Waals surface area contributed by atoms with E-state index >= 15 is 0 Å². The van der Waals surface area contributed by atoms with E-state index in [0.717, 1.165) is 6.61 Å². The number of ether oxygens (including phenoxy) is 2. The highest BCUT2D eigenvalue weighted by atomic mass is 16.5. The first-order chi connectivity index (χ1) is 6.66. The van der Waals surface area contributed by atoms with Crippen LogP contribution in [0.3, 0.4) is 0 Å². The third kappa shape index (κ3) is 9.92. The van der Waals surface area contributed by atoms with Gasteiger partial charge >= 0.3 is 0 Å². The monoisotopic (exact) mass is 205 g/mol. The van der Waals surface area contributed by atoms with Crippen molar-refractivity contribution >= 4 is 0 Å². The first-order valence-corrected chi connectivity index (χ1v) is 5.18. The van der Waals surface area contributed by atoms with Crippen LogP contribution in [0.2, 0.25) is 0 Å². The van der Waals surface area contributed by atoms with Crippen molar-refractivity contribution in [2.24, 2.45) is 11.7 Å². The van der Waals surface area contributed by atoms with Gasteiger partial charge in [0.05, 0.1) is 19.8 Å². The van der Waals surface area contributed by atoms with Crippen molar-refractivity contribution in [2.45, 2.75) is 26.3 Å². The number of rotatable bonds is 9. The fourth-order valence-corrected chi connectivity index (χ4v) is 0.865. The molecule has 0 aliphatic rings. The molecule has 0 aliphatic heterocycles. The predicted molar refractivity (Wildman–Crippen MR) is 56.2 cm³/mol. The second-order valence-corrected chi connectivity index (χ2v) is 3.81. The molecule has 4 heteroatoms. The zero-order chi connectivity index (χ0) is 10.8. The molecule has 4 nitrogen and oxygen atoms in total. The van der Waals surface area contributed by atoms with Crippen LogP contribution < -0.4 is 5.73 Å². The first kappa shape index (κ1) is 13.8. The Bertz CT molecular complexity index is 120. The van der Waals surface area contributed by atoms with E-state index in [9.17, 15) is 0 Å². The van der Waals surface area contributed by atoms with Crippen molar-refractivity contribution in [2.75, 3.05) is 33.0 Å². The number of hydrogen-bond donors (Lipinski definition) is 2. The third-order valence-corrected chi connectivity index (χ3v) is 1.69. The summed E-state index contributed by atoms with van der Waals surface area (Å²) in [5, 5.41) is 8.63. The Labute approximate surface area is 86.4 Å². The fourth-order valence-electron chi connectivity index (χ4n) is 0.865. The van der Waals surface area contributed by atoms with Crippen molar-refractivity contribution < 1.29 is 14.6 Å². The highest BCUT2D eigenvalue weighted by Crippen LogP contribution is 1.92. The summed E-state index contributed by atoms with van der Waals surface area (Å²) in [5.41, 5.74) is 5.49. The van der Waals surface area contributed by atoms with Crippen molar-refractivity contribution in [3.63, 3.8) is 0 Å². The lowest BCUT2D eigenvalue weighted by molar-refractivity contribution is 0.0344. The fraction of sp³-hybridized carbons (Fsp3) is 1.00. The van der Waals surface area contributed by atoms with Crippen LogP contribution in [0.1, 0.15) is 20.3 Å². The Kier molecular flexibility index (Phi) is 9.29. The minimum absolute atomic E-state index is 0.0210. The molecule has 0 bridgehead atoms. The van der Waals surface area contributed by atoms with Gasteiger partial charge in [-0.3, -0.25) is 0 Å². The van der Waals surface area contributed by atoms with E-state index in [0.29, 0.717) is 32.2 Å². The number of nitrogens with two attached hydrogens (primary N) is 1. The summed E-state index contributed by atoms with van der Waals surface area (Å²) in [6.45, 7) is 6.85. The van der Waals surface area contributed by atoms with E-state index < -0.39 is 0 Å². The summed E-state index contributed by atoms with van der Waals surface area (Å²) >= 11 is 0. The standard InChI is InChI=1S/C10H23NO3/c1-9(2)8-14-6-5-13-4-3-10(11)7-12/h9-10,12H,3-8,11H2,1-2H3. The number of hydrogen-bond acceptors (Lipinski definition) is 4. The molecule has 0 fully saturated rings. The molecule has 0 saturated heterocycles. The van der Waals surface area contributed by atoms with E-state index in [2.05, 4.69) is 13.8 Å². The molecule has 3 N–H and O–H groups in total. The average Bonchev–Trinajstić information content (AvgIpc) is 2.15. The quantitative estimate of drug-likeness (QED) is 0.534. The van der Waals surface area contributed by atoms with Crippen LogP contribution in [-0.2, 0) is 9.47 Å². The second-order valence-electron chi connectivity index (χ2n) is 3.81. The molecular weight excluding hydrogens is 182 g/mol. The molecule has 86 valence electrons. The maximum absolute atomic E-state index is 8.63. The summed E-state index contributed by atoms with van der Waals surface area (Å²) < 4.78 is 10.6. The molecule has 1 atom stereocenters. The third-order valence-electron chi connectivity index (χ3n) is 1.69. The summed E-state index contributed by atoms with van der Waals surface area (Å²) in [6.07, 6.45) is 0.695. The molecule has 0 radical (unpaired) electrons. The lowest BCUT2D eigenvalue weighted by Gasteiger charge is -2.09. The van der Waals surface area contributed by atoms with Gasteiger partial charge in [-0.25, -0.2) is 0 Å². The highest BCUT2D eigenvalue weighted by Gasteiger charge is 1.99. The van der Waals surface area contributed by atoms with E-state index in [1.807, 2.05) is 0 Å². The zero-order valence-corrected chi connectivity index (χ0v) is 9.24. The molecule has 0 saturated carbocycles. The van der Waals surface area contributed by atoms with Gasteiger partial charge in [-0.2, -0.15) is 0 Å². The summed E-state index contributed by atoms with van der Waals surface area (Å²) in [6, 6.07) is -0.161. The van der Waals surface area contributed by atoms with Gasteiger partial charge in [0.15, 0.2) is 0 Å².